The van der Waals surface area contributed by atoms with Gasteiger partial charge in [0.2, 0.25) is 11.8 Å². The van der Waals surface area contributed by atoms with Gasteiger partial charge in [-0.15, -0.1) is 0 Å². The van der Waals surface area contributed by atoms with Gasteiger partial charge in [-0.1, -0.05) is 92.5 Å². The normalized spacial score (nSPS) is 28.1. The molecule has 7 rings (SSSR count). The van der Waals surface area contributed by atoms with Gasteiger partial charge in [0.15, 0.2) is 0 Å². The molecule has 2 atom stereocenters. The summed E-state index contributed by atoms with van der Waals surface area (Å²) in [4.78, 5) is 42.5. The second-order valence-electron chi connectivity index (χ2n) is 9.45. The number of benzene rings is 3. The maximum Gasteiger partial charge on any atom is 0.340 e. The van der Waals surface area contributed by atoms with E-state index in [2.05, 4.69) is 31.9 Å². The van der Waals surface area contributed by atoms with Crippen molar-refractivity contribution < 1.29 is 19.1 Å². The van der Waals surface area contributed by atoms with Crippen LogP contribution >= 0.6 is 31.9 Å². The highest BCUT2D eigenvalue weighted by molar-refractivity contribution is 9.10. The monoisotopic (exact) mass is 593 g/mol. The van der Waals surface area contributed by atoms with Crippen LogP contribution in [0.2, 0.25) is 0 Å². The number of alkyl halides is 2. The molecule has 3 aromatic carbocycles. The Balaban J connectivity index is 1.58. The molecule has 176 valence electrons. The van der Waals surface area contributed by atoms with Crippen LogP contribution in [0, 0.1) is 11.8 Å². The van der Waals surface area contributed by atoms with Gasteiger partial charge >= 0.3 is 5.97 Å². The minimum absolute atomic E-state index is 0.191. The molecule has 0 radical (unpaired) electrons. The summed E-state index contributed by atoms with van der Waals surface area (Å²) in [6.45, 7) is 3.52. The quantitative estimate of drug-likeness (QED) is 0.223. The molecule has 0 saturated carbocycles. The number of anilines is 1. The van der Waals surface area contributed by atoms with Crippen LogP contribution in [-0.4, -0.2) is 23.9 Å². The van der Waals surface area contributed by atoms with Crippen molar-refractivity contribution in [1.82, 2.24) is 0 Å². The predicted molar refractivity (Wildman–Crippen MR) is 139 cm³/mol. The standard InChI is InChI=1S/C28H21Br2NO4/c1-15(2)35-26(34)16-9-3-8-14-21(16)31-24(32)22-23(25(31)33)28(30)18-11-5-4-10-17(18)27(22,29)19-12-6-7-13-20(19)28/h3-15,22-23H,1-2H3/t22-,23-,27?,28?/m1/s1. The number of halogens is 2. The predicted octanol–water partition coefficient (Wildman–Crippen LogP) is 5.66. The van der Waals surface area contributed by atoms with Gasteiger partial charge in [-0.3, -0.25) is 9.59 Å². The van der Waals surface area contributed by atoms with Gasteiger partial charge < -0.3 is 4.74 Å². The van der Waals surface area contributed by atoms with Gasteiger partial charge in [0, 0.05) is 0 Å². The Morgan fingerprint density at radius 2 is 1.17 bits per heavy atom. The number of nitrogens with zero attached hydrogens (tertiary/aromatic N) is 1. The molecule has 0 unspecified atom stereocenters. The van der Waals surface area contributed by atoms with Crippen LogP contribution in [0.1, 0.15) is 46.5 Å². The van der Waals surface area contributed by atoms with Crippen LogP contribution in [0.4, 0.5) is 5.69 Å². The molecule has 3 aromatic rings. The number of rotatable bonds is 3. The van der Waals surface area contributed by atoms with Crippen LogP contribution < -0.4 is 4.90 Å². The molecule has 5 nitrogen and oxygen atoms in total. The Kier molecular flexibility index (Phi) is 4.93. The molecule has 3 aliphatic carbocycles. The molecule has 1 aliphatic heterocycles. The first kappa shape index (κ1) is 22.7. The third-order valence-corrected chi connectivity index (χ3v) is 9.99. The summed E-state index contributed by atoms with van der Waals surface area (Å²) < 4.78 is 3.66. The number of para-hydroxylation sites is 1. The minimum atomic E-state index is -0.880. The highest BCUT2D eigenvalue weighted by Crippen LogP contribution is 2.70. The summed E-state index contributed by atoms with van der Waals surface area (Å²) in [5.74, 6) is -2.64. The van der Waals surface area contributed by atoms with Crippen molar-refractivity contribution >= 4 is 55.3 Å². The Morgan fingerprint density at radius 3 is 1.60 bits per heavy atom. The van der Waals surface area contributed by atoms with Gasteiger partial charge in [0.05, 0.1) is 37.8 Å². The van der Waals surface area contributed by atoms with E-state index in [0.29, 0.717) is 0 Å². The van der Waals surface area contributed by atoms with Crippen molar-refractivity contribution in [2.45, 2.75) is 28.6 Å². The summed E-state index contributed by atoms with van der Waals surface area (Å²) in [5, 5.41) is 0. The molecular weight excluding hydrogens is 574 g/mol. The first-order valence-corrected chi connectivity index (χ1v) is 13.1. The van der Waals surface area contributed by atoms with Gasteiger partial charge in [-0.2, -0.15) is 0 Å². The van der Waals surface area contributed by atoms with Crippen molar-refractivity contribution in [2.24, 2.45) is 11.8 Å². The Hall–Kier alpha value is -2.77. The first-order chi connectivity index (χ1) is 16.7. The fourth-order valence-electron chi connectivity index (χ4n) is 6.02. The van der Waals surface area contributed by atoms with Gasteiger partial charge in [0.25, 0.3) is 0 Å². The van der Waals surface area contributed by atoms with E-state index in [9.17, 15) is 14.4 Å². The second-order valence-corrected chi connectivity index (χ2v) is 12.0. The van der Waals surface area contributed by atoms with Crippen molar-refractivity contribution in [2.75, 3.05) is 4.90 Å². The maximum absolute atomic E-state index is 14.2. The van der Waals surface area contributed by atoms with E-state index in [1.165, 1.54) is 4.90 Å². The van der Waals surface area contributed by atoms with Crippen LogP contribution in [0.5, 0.6) is 0 Å². The lowest BCUT2D eigenvalue weighted by Gasteiger charge is -2.55. The zero-order valence-electron chi connectivity index (χ0n) is 19.0. The third kappa shape index (κ3) is 2.77. The zero-order chi connectivity index (χ0) is 24.7. The maximum atomic E-state index is 14.2. The Labute approximate surface area is 219 Å². The smallest absolute Gasteiger partial charge is 0.340 e. The number of hydrogen-bond donors (Lipinski definition) is 0. The fraction of sp³-hybridized carbons (Fsp3) is 0.250. The van der Waals surface area contributed by atoms with Crippen LogP contribution in [-0.2, 0) is 23.0 Å². The molecule has 1 saturated heterocycles. The topological polar surface area (TPSA) is 63.7 Å². The fourth-order valence-corrected chi connectivity index (χ4v) is 8.33. The summed E-state index contributed by atoms with van der Waals surface area (Å²) in [6.07, 6.45) is -0.334. The number of esters is 1. The van der Waals surface area contributed by atoms with Gasteiger partial charge in [0.1, 0.15) is 0 Å². The molecule has 2 bridgehead atoms. The molecule has 4 aliphatic rings. The summed E-state index contributed by atoms with van der Waals surface area (Å²) in [5.41, 5.74) is 4.30. The van der Waals surface area contributed by atoms with E-state index in [0.717, 1.165) is 22.3 Å². The Morgan fingerprint density at radius 1 is 0.771 bits per heavy atom. The highest BCUT2D eigenvalue weighted by atomic mass is 79.9. The van der Waals surface area contributed by atoms with Crippen LogP contribution in [0.25, 0.3) is 0 Å². The molecule has 2 amide bonds. The van der Waals surface area contributed by atoms with Crippen molar-refractivity contribution in [3.63, 3.8) is 0 Å². The molecule has 1 fully saturated rings. The van der Waals surface area contributed by atoms with Crippen molar-refractivity contribution in [3.8, 4) is 0 Å². The molecule has 0 aromatic heterocycles. The number of hydrogen-bond acceptors (Lipinski definition) is 4. The van der Waals surface area contributed by atoms with E-state index in [1.54, 1.807) is 38.1 Å². The van der Waals surface area contributed by atoms with Crippen molar-refractivity contribution in [1.29, 1.82) is 0 Å². The summed E-state index contributed by atoms with van der Waals surface area (Å²) >= 11 is 7.99. The van der Waals surface area contributed by atoms with Gasteiger partial charge in [-0.05, 0) is 48.2 Å². The lowest BCUT2D eigenvalue weighted by Crippen LogP contribution is -2.56. The van der Waals surface area contributed by atoms with E-state index in [1.807, 2.05) is 48.5 Å². The number of imide groups is 1. The van der Waals surface area contributed by atoms with E-state index in [-0.39, 0.29) is 29.2 Å². The number of carbonyl (C=O) groups excluding carboxylic acids is 3. The summed E-state index contributed by atoms with van der Waals surface area (Å²) in [7, 11) is 0. The van der Waals surface area contributed by atoms with Crippen LogP contribution in [0.15, 0.2) is 72.8 Å². The molecule has 0 spiro atoms. The van der Waals surface area contributed by atoms with Crippen LogP contribution in [0.3, 0.4) is 0 Å². The number of carbonyl (C=O) groups is 3. The molecular formula is C28H21Br2NO4. The SMILES string of the molecule is CC(C)OC(=O)c1ccccc1N1C(=O)[C@H]2[C@H](C1=O)C1(Br)c3ccccc3C2(Br)c2ccccc21. The Bertz CT molecular complexity index is 1310. The third-order valence-electron chi connectivity index (χ3n) is 7.29. The number of ether oxygens (including phenoxy) is 1. The zero-order valence-corrected chi connectivity index (χ0v) is 22.2. The average Bonchev–Trinajstić information content (AvgIpc) is 3.13. The first-order valence-electron chi connectivity index (χ1n) is 11.5. The largest absolute Gasteiger partial charge is 0.459 e. The van der Waals surface area contributed by atoms with E-state index >= 15 is 0 Å². The summed E-state index contributed by atoms with van der Waals surface area (Å²) in [6, 6.07) is 22.5. The molecule has 35 heavy (non-hydrogen) atoms. The lowest BCUT2D eigenvalue weighted by molar-refractivity contribution is -0.122. The van der Waals surface area contributed by atoms with Gasteiger partial charge in [-0.25, -0.2) is 9.69 Å². The number of amides is 2. The molecule has 7 heteroatoms. The minimum Gasteiger partial charge on any atom is -0.459 e. The highest BCUT2D eigenvalue weighted by Gasteiger charge is 2.72. The molecule has 1 heterocycles. The van der Waals surface area contributed by atoms with Crippen molar-refractivity contribution in [3.05, 3.63) is 101 Å². The lowest BCUT2D eigenvalue weighted by atomic mass is 9.54. The molecule has 0 N–H and O–H groups in total. The second kappa shape index (κ2) is 7.61. The van der Waals surface area contributed by atoms with E-state index in [4.69, 9.17) is 4.74 Å². The average molecular weight is 595 g/mol. The van der Waals surface area contributed by atoms with E-state index < -0.39 is 26.5 Å².